The van der Waals surface area contributed by atoms with Gasteiger partial charge < -0.3 is 20.7 Å². The Kier molecular flexibility index (Phi) is 9.30. The van der Waals surface area contributed by atoms with Gasteiger partial charge in [-0.25, -0.2) is 0 Å². The zero-order chi connectivity index (χ0) is 25.7. The van der Waals surface area contributed by atoms with Gasteiger partial charge in [0.15, 0.2) is 0 Å². The fourth-order valence-corrected chi connectivity index (χ4v) is 3.75. The fourth-order valence-electron chi connectivity index (χ4n) is 3.75. The van der Waals surface area contributed by atoms with E-state index in [2.05, 4.69) is 28.1 Å². The monoisotopic (exact) mass is 493 g/mol. The van der Waals surface area contributed by atoms with Crippen molar-refractivity contribution in [3.63, 3.8) is 0 Å². The van der Waals surface area contributed by atoms with E-state index in [1.165, 1.54) is 5.56 Å². The van der Waals surface area contributed by atoms with Crippen molar-refractivity contribution in [3.05, 3.63) is 126 Å². The molecule has 6 heteroatoms. The average Bonchev–Trinajstić information content (AvgIpc) is 2.95. The summed E-state index contributed by atoms with van der Waals surface area (Å²) in [6.07, 6.45) is 1.92. The van der Waals surface area contributed by atoms with E-state index in [-0.39, 0.29) is 18.4 Å². The molecular formula is C31H31N3O3. The molecule has 0 fully saturated rings. The smallest absolute Gasteiger partial charge is 0.251 e. The van der Waals surface area contributed by atoms with E-state index in [0.29, 0.717) is 24.4 Å². The predicted molar refractivity (Wildman–Crippen MR) is 148 cm³/mol. The largest absolute Gasteiger partial charge is 0.494 e. The lowest BCUT2D eigenvalue weighted by atomic mass is 10.1. The van der Waals surface area contributed by atoms with Crippen LogP contribution in [0.4, 0.5) is 11.4 Å². The lowest BCUT2D eigenvalue weighted by Crippen LogP contribution is -2.23. The highest BCUT2D eigenvalue weighted by molar-refractivity contribution is 5.95. The van der Waals surface area contributed by atoms with Crippen LogP contribution in [-0.2, 0) is 17.8 Å². The molecule has 4 aromatic carbocycles. The maximum atomic E-state index is 12.4. The van der Waals surface area contributed by atoms with Gasteiger partial charge in [0, 0.05) is 23.5 Å². The number of ether oxygens (including phenoxy) is 1. The van der Waals surface area contributed by atoms with Gasteiger partial charge in [0.25, 0.3) is 5.91 Å². The first-order chi connectivity index (χ1) is 18.2. The highest BCUT2D eigenvalue weighted by Gasteiger charge is 2.07. The van der Waals surface area contributed by atoms with Crippen LogP contribution in [0.15, 0.2) is 109 Å². The highest BCUT2D eigenvalue weighted by Crippen LogP contribution is 2.16. The average molecular weight is 494 g/mol. The Bertz CT molecular complexity index is 1260. The minimum absolute atomic E-state index is 0.108. The molecule has 0 aliphatic heterocycles. The molecule has 6 nitrogen and oxygen atoms in total. The molecule has 0 spiro atoms. The van der Waals surface area contributed by atoms with E-state index in [9.17, 15) is 9.59 Å². The molecule has 0 unspecified atom stereocenters. The second-order valence-electron chi connectivity index (χ2n) is 8.61. The van der Waals surface area contributed by atoms with Gasteiger partial charge in [-0.05, 0) is 72.5 Å². The summed E-state index contributed by atoms with van der Waals surface area (Å²) in [5.41, 5.74) is 4.37. The van der Waals surface area contributed by atoms with Crippen molar-refractivity contribution in [3.8, 4) is 5.75 Å². The van der Waals surface area contributed by atoms with Crippen LogP contribution < -0.4 is 20.7 Å². The molecule has 3 N–H and O–H groups in total. The van der Waals surface area contributed by atoms with Crippen molar-refractivity contribution < 1.29 is 14.3 Å². The molecule has 4 aromatic rings. The SMILES string of the molecule is O=C(CNc1ccc(C(=O)NCc2ccccc2)cc1)Nc1ccc(OCCCc2ccccc2)cc1. The van der Waals surface area contributed by atoms with Crippen LogP contribution in [0.3, 0.4) is 0 Å². The third kappa shape index (κ3) is 8.54. The number of amides is 2. The van der Waals surface area contributed by atoms with Gasteiger partial charge in [-0.2, -0.15) is 0 Å². The molecule has 0 saturated carbocycles. The Morgan fingerprint density at radius 1 is 0.676 bits per heavy atom. The van der Waals surface area contributed by atoms with Crippen LogP contribution in [0.5, 0.6) is 5.75 Å². The van der Waals surface area contributed by atoms with Gasteiger partial charge in [-0.1, -0.05) is 60.7 Å². The first-order valence-corrected chi connectivity index (χ1v) is 12.4. The summed E-state index contributed by atoms with van der Waals surface area (Å²) in [6, 6.07) is 34.5. The van der Waals surface area contributed by atoms with Crippen LogP contribution >= 0.6 is 0 Å². The number of carbonyl (C=O) groups is 2. The van der Waals surface area contributed by atoms with E-state index in [0.717, 1.165) is 29.8 Å². The van der Waals surface area contributed by atoms with Crippen molar-refractivity contribution in [1.29, 1.82) is 0 Å². The van der Waals surface area contributed by atoms with Crippen molar-refractivity contribution >= 4 is 23.2 Å². The summed E-state index contributed by atoms with van der Waals surface area (Å²) in [5, 5.41) is 8.85. The third-order valence-electron chi connectivity index (χ3n) is 5.76. The highest BCUT2D eigenvalue weighted by atomic mass is 16.5. The summed E-state index contributed by atoms with van der Waals surface area (Å²) in [5.74, 6) is 0.468. The Morgan fingerprint density at radius 2 is 1.30 bits per heavy atom. The lowest BCUT2D eigenvalue weighted by Gasteiger charge is -2.10. The Balaban J connectivity index is 1.15. The molecule has 0 bridgehead atoms. The van der Waals surface area contributed by atoms with Crippen molar-refractivity contribution in [2.24, 2.45) is 0 Å². The topological polar surface area (TPSA) is 79.5 Å². The summed E-state index contributed by atoms with van der Waals surface area (Å²) in [6.45, 7) is 1.22. The van der Waals surface area contributed by atoms with E-state index >= 15 is 0 Å². The Hall–Kier alpha value is -4.58. The van der Waals surface area contributed by atoms with Gasteiger partial charge in [0.05, 0.1) is 13.2 Å². The lowest BCUT2D eigenvalue weighted by molar-refractivity contribution is -0.114. The number of anilines is 2. The predicted octanol–water partition coefficient (Wildman–Crippen LogP) is 5.68. The van der Waals surface area contributed by atoms with E-state index in [1.54, 1.807) is 24.3 Å². The summed E-state index contributed by atoms with van der Waals surface area (Å²) in [4.78, 5) is 24.7. The summed E-state index contributed by atoms with van der Waals surface area (Å²) in [7, 11) is 0. The number of nitrogens with one attached hydrogen (secondary N) is 3. The molecule has 4 rings (SSSR count). The molecule has 37 heavy (non-hydrogen) atoms. The van der Waals surface area contributed by atoms with Gasteiger partial charge in [0.1, 0.15) is 5.75 Å². The van der Waals surface area contributed by atoms with Crippen LogP contribution in [0.25, 0.3) is 0 Å². The third-order valence-corrected chi connectivity index (χ3v) is 5.76. The van der Waals surface area contributed by atoms with Crippen molar-refractivity contribution in [1.82, 2.24) is 5.32 Å². The molecule has 188 valence electrons. The van der Waals surface area contributed by atoms with Crippen LogP contribution in [0.1, 0.15) is 27.9 Å². The normalized spacial score (nSPS) is 10.4. The number of hydrogen-bond donors (Lipinski definition) is 3. The van der Waals surface area contributed by atoms with Gasteiger partial charge in [-0.15, -0.1) is 0 Å². The number of hydrogen-bond acceptors (Lipinski definition) is 4. The van der Waals surface area contributed by atoms with Crippen molar-refractivity contribution in [2.45, 2.75) is 19.4 Å². The summed E-state index contributed by atoms with van der Waals surface area (Å²) >= 11 is 0. The zero-order valence-corrected chi connectivity index (χ0v) is 20.7. The maximum absolute atomic E-state index is 12.4. The fraction of sp³-hybridized carbons (Fsp3) is 0.161. The number of benzene rings is 4. The van der Waals surface area contributed by atoms with E-state index < -0.39 is 0 Å². The molecule has 2 amide bonds. The second-order valence-corrected chi connectivity index (χ2v) is 8.61. The van der Waals surface area contributed by atoms with E-state index in [1.807, 2.05) is 72.8 Å². The first kappa shape index (κ1) is 25.5. The standard InChI is InChI=1S/C31H31N3O3/c35-30(34-28-17-19-29(20-18-28)37-21-7-12-24-8-3-1-4-9-24)23-32-27-15-13-26(14-16-27)31(36)33-22-25-10-5-2-6-11-25/h1-6,8-11,13-20,32H,7,12,21-23H2,(H,33,36)(H,34,35). The van der Waals surface area contributed by atoms with Gasteiger partial charge in [-0.3, -0.25) is 9.59 Å². The molecule has 0 heterocycles. The molecule has 0 aromatic heterocycles. The molecule has 0 aliphatic carbocycles. The number of rotatable bonds is 12. The van der Waals surface area contributed by atoms with Crippen molar-refractivity contribution in [2.75, 3.05) is 23.8 Å². The molecule has 0 aliphatic rings. The van der Waals surface area contributed by atoms with Crippen LogP contribution in [0, 0.1) is 0 Å². The first-order valence-electron chi connectivity index (χ1n) is 12.4. The second kappa shape index (κ2) is 13.5. The van der Waals surface area contributed by atoms with E-state index in [4.69, 9.17) is 4.74 Å². The van der Waals surface area contributed by atoms with Gasteiger partial charge >= 0.3 is 0 Å². The maximum Gasteiger partial charge on any atom is 0.251 e. The van der Waals surface area contributed by atoms with Gasteiger partial charge in [0.2, 0.25) is 5.91 Å². The minimum atomic E-state index is -0.166. The quantitative estimate of drug-likeness (QED) is 0.222. The Labute approximate surface area is 217 Å². The molecular weight excluding hydrogens is 462 g/mol. The van der Waals surface area contributed by atoms with Crippen LogP contribution in [0.2, 0.25) is 0 Å². The molecule has 0 atom stereocenters. The molecule has 0 saturated heterocycles. The number of aryl methyl sites for hydroxylation is 1. The zero-order valence-electron chi connectivity index (χ0n) is 20.7. The number of carbonyl (C=O) groups excluding carboxylic acids is 2. The summed E-state index contributed by atoms with van der Waals surface area (Å²) < 4.78 is 5.80. The molecule has 0 radical (unpaired) electrons. The van der Waals surface area contributed by atoms with Crippen LogP contribution in [-0.4, -0.2) is 25.0 Å². The minimum Gasteiger partial charge on any atom is -0.494 e. The Morgan fingerprint density at radius 3 is 1.97 bits per heavy atom.